The summed E-state index contributed by atoms with van der Waals surface area (Å²) in [4.78, 5) is 13.9. The Morgan fingerprint density at radius 1 is 1.28 bits per heavy atom. The Morgan fingerprint density at radius 2 is 1.83 bits per heavy atom. The van der Waals surface area contributed by atoms with Crippen LogP contribution in [0.25, 0.3) is 0 Å². The summed E-state index contributed by atoms with van der Waals surface area (Å²) < 4.78 is 0. The lowest BCUT2D eigenvalue weighted by Crippen LogP contribution is -2.46. The van der Waals surface area contributed by atoms with E-state index in [0.29, 0.717) is 6.42 Å². The average Bonchev–Trinajstić information content (AvgIpc) is 2.36. The molecule has 0 saturated heterocycles. The van der Waals surface area contributed by atoms with E-state index >= 15 is 0 Å². The Kier molecular flexibility index (Phi) is 5.39. The Balaban J connectivity index is 2.53. The molecular formula is C15H22BrNO. The van der Waals surface area contributed by atoms with Crippen LogP contribution in [0.3, 0.4) is 0 Å². The molecule has 3 heteroatoms. The second-order valence-electron chi connectivity index (χ2n) is 5.38. The topological polar surface area (TPSA) is 20.3 Å². The van der Waals surface area contributed by atoms with Gasteiger partial charge in [-0.25, -0.2) is 0 Å². The summed E-state index contributed by atoms with van der Waals surface area (Å²) in [7, 11) is 1.87. The minimum absolute atomic E-state index is 0.135. The summed E-state index contributed by atoms with van der Waals surface area (Å²) in [6, 6.07) is 8.37. The molecule has 0 aliphatic carbocycles. The van der Waals surface area contributed by atoms with E-state index < -0.39 is 0 Å². The van der Waals surface area contributed by atoms with E-state index in [2.05, 4.69) is 61.0 Å². The van der Waals surface area contributed by atoms with Crippen LogP contribution in [0.5, 0.6) is 0 Å². The number of amides is 1. The number of nitrogens with zero attached hydrogens (tertiary/aromatic N) is 1. The molecule has 1 amide bonds. The van der Waals surface area contributed by atoms with Gasteiger partial charge in [0.25, 0.3) is 0 Å². The summed E-state index contributed by atoms with van der Waals surface area (Å²) in [5.74, 6) is 0.194. The fourth-order valence-corrected chi connectivity index (χ4v) is 1.98. The van der Waals surface area contributed by atoms with Gasteiger partial charge in [0, 0.05) is 24.3 Å². The Bertz CT molecular complexity index is 397. The minimum atomic E-state index is -0.135. The van der Waals surface area contributed by atoms with Crippen LogP contribution in [-0.4, -0.2) is 28.7 Å². The van der Waals surface area contributed by atoms with Crippen LogP contribution in [-0.2, 0) is 11.2 Å². The lowest BCUT2D eigenvalue weighted by molar-refractivity contribution is -0.133. The van der Waals surface area contributed by atoms with E-state index in [9.17, 15) is 4.79 Å². The van der Waals surface area contributed by atoms with Crippen molar-refractivity contribution in [1.29, 1.82) is 0 Å². The summed E-state index contributed by atoms with van der Waals surface area (Å²) in [5.41, 5.74) is 2.34. The number of carbonyl (C=O) groups is 1. The molecule has 0 aromatic heterocycles. The van der Waals surface area contributed by atoms with Gasteiger partial charge in [-0.1, -0.05) is 45.8 Å². The van der Waals surface area contributed by atoms with Crippen LogP contribution >= 0.6 is 15.9 Å². The van der Waals surface area contributed by atoms with Crippen molar-refractivity contribution in [3.05, 3.63) is 35.4 Å². The maximum atomic E-state index is 12.1. The Hall–Kier alpha value is -0.830. The largest absolute Gasteiger partial charge is 0.340 e. The second kappa shape index (κ2) is 6.37. The highest BCUT2D eigenvalue weighted by molar-refractivity contribution is 9.09. The van der Waals surface area contributed by atoms with Gasteiger partial charge in [-0.15, -0.1) is 0 Å². The highest BCUT2D eigenvalue weighted by Gasteiger charge is 2.25. The van der Waals surface area contributed by atoms with Crippen LogP contribution in [0.4, 0.5) is 0 Å². The lowest BCUT2D eigenvalue weighted by atomic mass is 10.0. The van der Waals surface area contributed by atoms with Crippen molar-refractivity contribution >= 4 is 21.8 Å². The van der Waals surface area contributed by atoms with Gasteiger partial charge in [-0.3, -0.25) is 4.79 Å². The van der Waals surface area contributed by atoms with Gasteiger partial charge >= 0.3 is 0 Å². The van der Waals surface area contributed by atoms with Crippen LogP contribution < -0.4 is 0 Å². The zero-order valence-corrected chi connectivity index (χ0v) is 13.3. The van der Waals surface area contributed by atoms with E-state index in [1.165, 1.54) is 11.1 Å². The van der Waals surface area contributed by atoms with Crippen molar-refractivity contribution in [2.45, 2.75) is 39.2 Å². The molecule has 0 spiro atoms. The minimum Gasteiger partial charge on any atom is -0.340 e. The molecule has 0 heterocycles. The smallest absolute Gasteiger partial charge is 0.223 e. The molecule has 18 heavy (non-hydrogen) atoms. The standard InChI is InChI=1S/C15H22BrNO/c1-12-5-7-13(8-6-12)9-10-14(18)17(4)15(2,3)11-16/h5-8H,9-11H2,1-4H3. The predicted molar refractivity (Wildman–Crippen MR) is 80.1 cm³/mol. The summed E-state index contributed by atoms with van der Waals surface area (Å²) in [5, 5.41) is 0.784. The first kappa shape index (κ1) is 15.2. The number of carbonyl (C=O) groups excluding carboxylic acids is 1. The molecule has 0 aliphatic heterocycles. The van der Waals surface area contributed by atoms with Gasteiger partial charge in [0.05, 0.1) is 0 Å². The third-order valence-corrected chi connectivity index (χ3v) is 4.73. The zero-order valence-electron chi connectivity index (χ0n) is 11.7. The van der Waals surface area contributed by atoms with Gasteiger partial charge in [0.15, 0.2) is 0 Å². The molecule has 2 nitrogen and oxygen atoms in total. The molecule has 0 N–H and O–H groups in total. The highest BCUT2D eigenvalue weighted by atomic mass is 79.9. The first-order valence-corrected chi connectivity index (χ1v) is 7.37. The van der Waals surface area contributed by atoms with Crippen molar-refractivity contribution in [3.63, 3.8) is 0 Å². The van der Waals surface area contributed by atoms with Crippen molar-refractivity contribution in [2.24, 2.45) is 0 Å². The SMILES string of the molecule is Cc1ccc(CCC(=O)N(C)C(C)(C)CBr)cc1. The van der Waals surface area contributed by atoms with Crippen LogP contribution in [0.1, 0.15) is 31.4 Å². The molecule has 1 aromatic rings. The molecular weight excluding hydrogens is 290 g/mol. The monoisotopic (exact) mass is 311 g/mol. The molecule has 1 aromatic carbocycles. The zero-order chi connectivity index (χ0) is 13.8. The van der Waals surface area contributed by atoms with Crippen molar-refractivity contribution in [1.82, 2.24) is 4.90 Å². The fourth-order valence-electron chi connectivity index (χ4n) is 1.60. The molecule has 0 atom stereocenters. The molecule has 0 saturated carbocycles. The summed E-state index contributed by atoms with van der Waals surface area (Å²) in [6.07, 6.45) is 1.37. The van der Waals surface area contributed by atoms with E-state index in [0.717, 1.165) is 11.8 Å². The Labute approximate surface area is 119 Å². The van der Waals surface area contributed by atoms with Gasteiger partial charge < -0.3 is 4.90 Å². The molecule has 100 valence electrons. The van der Waals surface area contributed by atoms with Crippen LogP contribution in [0, 0.1) is 6.92 Å². The van der Waals surface area contributed by atoms with Crippen molar-refractivity contribution in [2.75, 3.05) is 12.4 Å². The molecule has 0 fully saturated rings. The molecule has 0 unspecified atom stereocenters. The third-order valence-electron chi connectivity index (χ3n) is 3.36. The van der Waals surface area contributed by atoms with Gasteiger partial charge in [0.1, 0.15) is 0 Å². The van der Waals surface area contributed by atoms with Crippen molar-refractivity contribution in [3.8, 4) is 0 Å². The third kappa shape index (κ3) is 4.13. The van der Waals surface area contributed by atoms with E-state index in [1.54, 1.807) is 0 Å². The number of alkyl halides is 1. The lowest BCUT2D eigenvalue weighted by Gasteiger charge is -2.34. The highest BCUT2D eigenvalue weighted by Crippen LogP contribution is 2.17. The van der Waals surface area contributed by atoms with Gasteiger partial charge in [-0.05, 0) is 32.8 Å². The quantitative estimate of drug-likeness (QED) is 0.761. The maximum Gasteiger partial charge on any atom is 0.223 e. The number of benzene rings is 1. The molecule has 0 aliphatic rings. The first-order chi connectivity index (χ1) is 8.36. The number of hydrogen-bond acceptors (Lipinski definition) is 1. The van der Waals surface area contributed by atoms with E-state index in [-0.39, 0.29) is 11.4 Å². The fraction of sp³-hybridized carbons (Fsp3) is 0.533. The molecule has 0 bridgehead atoms. The number of hydrogen-bond donors (Lipinski definition) is 0. The molecule has 1 rings (SSSR count). The second-order valence-corrected chi connectivity index (χ2v) is 5.95. The Morgan fingerprint density at radius 3 is 2.33 bits per heavy atom. The van der Waals surface area contributed by atoms with E-state index in [4.69, 9.17) is 0 Å². The normalized spacial score (nSPS) is 11.4. The van der Waals surface area contributed by atoms with Crippen LogP contribution in [0.2, 0.25) is 0 Å². The summed E-state index contributed by atoms with van der Waals surface area (Å²) >= 11 is 3.45. The number of aryl methyl sites for hydroxylation is 2. The van der Waals surface area contributed by atoms with Crippen LogP contribution in [0.15, 0.2) is 24.3 Å². The van der Waals surface area contributed by atoms with Gasteiger partial charge in [0.2, 0.25) is 5.91 Å². The maximum absolute atomic E-state index is 12.1. The predicted octanol–water partition coefficient (Wildman–Crippen LogP) is 3.56. The average molecular weight is 312 g/mol. The van der Waals surface area contributed by atoms with Crippen molar-refractivity contribution < 1.29 is 4.79 Å². The van der Waals surface area contributed by atoms with Gasteiger partial charge in [-0.2, -0.15) is 0 Å². The molecule has 0 radical (unpaired) electrons. The summed E-state index contributed by atoms with van der Waals surface area (Å²) in [6.45, 7) is 6.19. The first-order valence-electron chi connectivity index (χ1n) is 6.25. The number of halogens is 1. The number of rotatable bonds is 5. The van der Waals surface area contributed by atoms with E-state index in [1.807, 2.05) is 11.9 Å².